The van der Waals surface area contributed by atoms with Gasteiger partial charge in [-0.2, -0.15) is 0 Å². The van der Waals surface area contributed by atoms with Crippen molar-refractivity contribution in [2.75, 3.05) is 5.88 Å². The lowest BCUT2D eigenvalue weighted by Gasteiger charge is -2.41. The molecule has 1 aliphatic carbocycles. The average Bonchev–Trinajstić information content (AvgIpc) is 2.76. The van der Waals surface area contributed by atoms with E-state index in [9.17, 15) is 0 Å². The number of hydrogen-bond acceptors (Lipinski definition) is 3. The second kappa shape index (κ2) is 4.02. The fraction of sp³-hybridized carbons (Fsp3) is 0.545. The first-order valence-electron chi connectivity index (χ1n) is 5.53. The minimum atomic E-state index is 0.179. The predicted molar refractivity (Wildman–Crippen MR) is 67.2 cm³/mol. The summed E-state index contributed by atoms with van der Waals surface area (Å²) in [5.74, 6) is 0.704. The summed E-state index contributed by atoms with van der Waals surface area (Å²) in [6.45, 7) is 0.821. The van der Waals surface area contributed by atoms with Gasteiger partial charge in [0.05, 0.1) is 5.69 Å². The molecule has 0 aromatic carbocycles. The van der Waals surface area contributed by atoms with Gasteiger partial charge in [0.25, 0.3) is 0 Å². The molecular formula is C11H14ClN3S. The predicted octanol–water partition coefficient (Wildman–Crippen LogP) is 2.65. The number of alkyl halides is 1. The number of hydrogen-bond donors (Lipinski definition) is 1. The number of nitrogens with one attached hydrogen (secondary N) is 1. The van der Waals surface area contributed by atoms with Gasteiger partial charge in [-0.25, -0.2) is 4.98 Å². The number of nitrogens with zero attached hydrogens (tertiary/aromatic N) is 2. The second-order valence-corrected chi connectivity index (χ2v) is 5.59. The Hall–Kier alpha value is -0.580. The van der Waals surface area contributed by atoms with Crippen LogP contribution in [0.4, 0.5) is 0 Å². The van der Waals surface area contributed by atoms with Crippen LogP contribution in [-0.2, 0) is 6.54 Å². The van der Waals surface area contributed by atoms with E-state index < -0.39 is 0 Å². The van der Waals surface area contributed by atoms with E-state index in [2.05, 4.69) is 20.9 Å². The molecule has 0 amide bonds. The lowest BCUT2D eigenvalue weighted by atomic mass is 9.78. The van der Waals surface area contributed by atoms with Crippen molar-refractivity contribution >= 4 is 27.9 Å². The second-order valence-electron chi connectivity index (χ2n) is 4.45. The number of rotatable bonds is 4. The molecule has 5 heteroatoms. The van der Waals surface area contributed by atoms with Crippen LogP contribution >= 0.6 is 22.9 Å². The molecule has 86 valence electrons. The highest BCUT2D eigenvalue weighted by molar-refractivity contribution is 7.15. The van der Waals surface area contributed by atoms with Crippen LogP contribution in [0.3, 0.4) is 0 Å². The summed E-state index contributed by atoms with van der Waals surface area (Å²) in [4.78, 5) is 5.60. The summed E-state index contributed by atoms with van der Waals surface area (Å²) in [7, 11) is 0. The summed E-state index contributed by atoms with van der Waals surface area (Å²) in [5, 5.41) is 5.59. The molecule has 2 heterocycles. The number of halogens is 1. The van der Waals surface area contributed by atoms with Crippen molar-refractivity contribution in [3.8, 4) is 0 Å². The van der Waals surface area contributed by atoms with Gasteiger partial charge in [0.1, 0.15) is 0 Å². The maximum Gasteiger partial charge on any atom is 0.193 e. The molecule has 1 N–H and O–H groups in total. The molecule has 3 rings (SSSR count). The van der Waals surface area contributed by atoms with Gasteiger partial charge < -0.3 is 5.32 Å². The molecule has 3 nitrogen and oxygen atoms in total. The van der Waals surface area contributed by atoms with E-state index in [0.717, 1.165) is 17.2 Å². The fourth-order valence-corrected chi connectivity index (χ4v) is 3.18. The Morgan fingerprint density at radius 1 is 1.56 bits per heavy atom. The SMILES string of the molecule is ClCC1(NCc2cn3ccsc3n2)CCC1. The molecule has 16 heavy (non-hydrogen) atoms. The molecule has 1 fully saturated rings. The summed E-state index contributed by atoms with van der Waals surface area (Å²) in [5.41, 5.74) is 1.28. The van der Waals surface area contributed by atoms with E-state index in [1.807, 2.05) is 11.6 Å². The van der Waals surface area contributed by atoms with E-state index in [1.54, 1.807) is 11.3 Å². The van der Waals surface area contributed by atoms with Crippen molar-refractivity contribution in [1.82, 2.24) is 14.7 Å². The Morgan fingerprint density at radius 3 is 3.06 bits per heavy atom. The van der Waals surface area contributed by atoms with E-state index in [0.29, 0.717) is 5.88 Å². The van der Waals surface area contributed by atoms with Gasteiger partial charge in [-0.3, -0.25) is 4.40 Å². The zero-order valence-corrected chi connectivity index (χ0v) is 10.5. The lowest BCUT2D eigenvalue weighted by Crippen LogP contribution is -2.52. The maximum absolute atomic E-state index is 6.00. The third kappa shape index (κ3) is 1.75. The largest absolute Gasteiger partial charge is 0.304 e. The maximum atomic E-state index is 6.00. The van der Waals surface area contributed by atoms with Gasteiger partial charge in [-0.15, -0.1) is 22.9 Å². The van der Waals surface area contributed by atoms with Gasteiger partial charge in [-0.05, 0) is 19.3 Å². The van der Waals surface area contributed by atoms with Crippen molar-refractivity contribution in [3.05, 3.63) is 23.5 Å². The van der Waals surface area contributed by atoms with Crippen LogP contribution in [0, 0.1) is 0 Å². The monoisotopic (exact) mass is 255 g/mol. The van der Waals surface area contributed by atoms with Crippen molar-refractivity contribution in [2.24, 2.45) is 0 Å². The highest BCUT2D eigenvalue weighted by Gasteiger charge is 2.35. The summed E-state index contributed by atoms with van der Waals surface area (Å²) in [6.07, 6.45) is 7.80. The topological polar surface area (TPSA) is 29.3 Å². The summed E-state index contributed by atoms with van der Waals surface area (Å²) >= 11 is 7.66. The number of aromatic nitrogens is 2. The number of thiazole rings is 1. The molecular weight excluding hydrogens is 242 g/mol. The molecule has 0 atom stereocenters. The van der Waals surface area contributed by atoms with Crippen LogP contribution in [0.5, 0.6) is 0 Å². The van der Waals surface area contributed by atoms with Crippen molar-refractivity contribution in [1.29, 1.82) is 0 Å². The molecule has 2 aromatic heterocycles. The van der Waals surface area contributed by atoms with E-state index in [1.165, 1.54) is 19.3 Å². The van der Waals surface area contributed by atoms with Crippen LogP contribution in [0.15, 0.2) is 17.8 Å². The smallest absolute Gasteiger partial charge is 0.193 e. The zero-order valence-electron chi connectivity index (χ0n) is 8.95. The minimum absolute atomic E-state index is 0.179. The van der Waals surface area contributed by atoms with Gasteiger partial charge in [-0.1, -0.05) is 0 Å². The van der Waals surface area contributed by atoms with Gasteiger partial charge >= 0.3 is 0 Å². The first-order chi connectivity index (χ1) is 7.81. The molecule has 1 saturated carbocycles. The van der Waals surface area contributed by atoms with Crippen LogP contribution in [0.1, 0.15) is 25.0 Å². The van der Waals surface area contributed by atoms with Crippen molar-refractivity contribution in [3.63, 3.8) is 0 Å². The highest BCUT2D eigenvalue weighted by atomic mass is 35.5. The standard InChI is InChI=1S/C11H14ClN3S/c12-8-11(2-1-3-11)13-6-9-7-15-4-5-16-10(15)14-9/h4-5,7,13H,1-3,6,8H2. The molecule has 0 saturated heterocycles. The van der Waals surface area contributed by atoms with Crippen LogP contribution in [0.25, 0.3) is 4.96 Å². The highest BCUT2D eigenvalue weighted by Crippen LogP contribution is 2.33. The van der Waals surface area contributed by atoms with Crippen molar-refractivity contribution < 1.29 is 0 Å². The van der Waals surface area contributed by atoms with Gasteiger partial charge in [0.15, 0.2) is 4.96 Å². The minimum Gasteiger partial charge on any atom is -0.304 e. The first kappa shape index (κ1) is 10.6. The number of imidazole rings is 1. The zero-order chi connectivity index (χ0) is 11.0. The quantitative estimate of drug-likeness (QED) is 0.852. The van der Waals surface area contributed by atoms with Crippen LogP contribution in [-0.4, -0.2) is 20.8 Å². The normalized spacial score (nSPS) is 18.8. The van der Waals surface area contributed by atoms with Gasteiger partial charge in [0, 0.05) is 35.7 Å². The Bertz CT molecular complexity index is 452. The molecule has 1 aliphatic rings. The average molecular weight is 256 g/mol. The van der Waals surface area contributed by atoms with Crippen molar-refractivity contribution in [2.45, 2.75) is 31.3 Å². The first-order valence-corrected chi connectivity index (χ1v) is 6.95. The van der Waals surface area contributed by atoms with Crippen LogP contribution in [0.2, 0.25) is 0 Å². The lowest BCUT2D eigenvalue weighted by molar-refractivity contribution is 0.210. The van der Waals surface area contributed by atoms with E-state index in [4.69, 9.17) is 11.6 Å². The Morgan fingerprint density at radius 2 is 2.44 bits per heavy atom. The molecule has 0 radical (unpaired) electrons. The summed E-state index contributed by atoms with van der Waals surface area (Å²) < 4.78 is 2.07. The Labute approximate surface area is 103 Å². The Balaban J connectivity index is 1.68. The van der Waals surface area contributed by atoms with Gasteiger partial charge in [0.2, 0.25) is 0 Å². The molecule has 0 bridgehead atoms. The fourth-order valence-electron chi connectivity index (χ4n) is 2.10. The molecule has 2 aromatic rings. The third-order valence-corrected chi connectivity index (χ3v) is 4.64. The number of fused-ring (bicyclic) bond motifs is 1. The molecule has 0 spiro atoms. The molecule has 0 aliphatic heterocycles. The van der Waals surface area contributed by atoms with E-state index in [-0.39, 0.29) is 5.54 Å². The Kier molecular flexibility index (Phi) is 2.65. The third-order valence-electron chi connectivity index (χ3n) is 3.35. The van der Waals surface area contributed by atoms with E-state index >= 15 is 0 Å². The molecule has 0 unspecified atom stereocenters. The summed E-state index contributed by atoms with van der Waals surface area (Å²) in [6, 6.07) is 0. The van der Waals surface area contributed by atoms with Crippen LogP contribution < -0.4 is 5.32 Å².